The van der Waals surface area contributed by atoms with Crippen LogP contribution in [0.2, 0.25) is 0 Å². The third-order valence-electron chi connectivity index (χ3n) is 3.57. The fourth-order valence-corrected chi connectivity index (χ4v) is 1.86. The summed E-state index contributed by atoms with van der Waals surface area (Å²) in [4.78, 5) is 15.5. The van der Waals surface area contributed by atoms with E-state index in [0.717, 1.165) is 0 Å². The highest BCUT2D eigenvalue weighted by atomic mass is 19.3. The largest absolute Gasteiger partial charge is 0.417 e. The number of alkyl halides is 2. The lowest BCUT2D eigenvalue weighted by molar-refractivity contribution is -0.0977. The highest BCUT2D eigenvalue weighted by Gasteiger charge is 2.27. The summed E-state index contributed by atoms with van der Waals surface area (Å²) >= 11 is 0. The minimum Gasteiger partial charge on any atom is -0.417 e. The molecular formula is C15H25F2N3O3. The number of aliphatic hydroxyl groups excluding tert-OH is 1. The molecule has 0 spiro atoms. The topological polar surface area (TPSA) is 83.0 Å². The first kappa shape index (κ1) is 19.3. The summed E-state index contributed by atoms with van der Waals surface area (Å²) in [5, 5.41) is 15.1. The molecule has 1 heterocycles. The molecule has 0 fully saturated rings. The second-order valence-corrected chi connectivity index (χ2v) is 6.98. The number of halogens is 2. The van der Waals surface area contributed by atoms with Gasteiger partial charge in [-0.25, -0.2) is 9.79 Å². The Balaban J connectivity index is 2.46. The van der Waals surface area contributed by atoms with E-state index in [-0.39, 0.29) is 24.4 Å². The summed E-state index contributed by atoms with van der Waals surface area (Å²) in [6, 6.07) is -0.429. The number of rotatable bonds is 6. The Labute approximate surface area is 135 Å². The maximum absolute atomic E-state index is 12.2. The van der Waals surface area contributed by atoms with E-state index in [4.69, 9.17) is 0 Å². The molecule has 2 atom stereocenters. The quantitative estimate of drug-likeness (QED) is 0.697. The number of carbonyl (C=O) groups excluding carboxylic acids is 1. The van der Waals surface area contributed by atoms with Crippen molar-refractivity contribution < 1.29 is 23.4 Å². The van der Waals surface area contributed by atoms with Gasteiger partial charge in [0.2, 0.25) is 5.88 Å². The smallest absolute Gasteiger partial charge is 0.388 e. The van der Waals surface area contributed by atoms with Crippen LogP contribution < -0.4 is 10.6 Å². The predicted molar refractivity (Wildman–Crippen MR) is 83.3 cm³/mol. The molecule has 23 heavy (non-hydrogen) atoms. The molecule has 1 aliphatic heterocycles. The van der Waals surface area contributed by atoms with Crippen molar-refractivity contribution in [2.24, 2.45) is 15.8 Å². The van der Waals surface area contributed by atoms with Crippen LogP contribution in [0.1, 0.15) is 34.1 Å². The molecule has 132 valence electrons. The zero-order valence-electron chi connectivity index (χ0n) is 13.9. The number of nitrogens with one attached hydrogen (secondary N) is 2. The highest BCUT2D eigenvalue weighted by Crippen LogP contribution is 2.28. The lowest BCUT2D eigenvalue weighted by atomic mass is 9.86. The summed E-state index contributed by atoms with van der Waals surface area (Å²) in [6.07, 6.45) is 2.79. The van der Waals surface area contributed by atoms with E-state index in [1.165, 1.54) is 12.3 Å². The van der Waals surface area contributed by atoms with Crippen molar-refractivity contribution in [3.05, 3.63) is 12.0 Å². The van der Waals surface area contributed by atoms with Gasteiger partial charge in [-0.15, -0.1) is 0 Å². The molecule has 2 unspecified atom stereocenters. The zero-order valence-corrected chi connectivity index (χ0v) is 13.9. The van der Waals surface area contributed by atoms with Crippen molar-refractivity contribution in [2.75, 3.05) is 13.1 Å². The number of ether oxygens (including phenoxy) is 1. The average molecular weight is 333 g/mol. The first-order chi connectivity index (χ1) is 10.5. The Morgan fingerprint density at radius 3 is 2.70 bits per heavy atom. The highest BCUT2D eigenvalue weighted by molar-refractivity contribution is 5.74. The summed E-state index contributed by atoms with van der Waals surface area (Å²) < 4.78 is 28.7. The maximum Gasteiger partial charge on any atom is 0.388 e. The predicted octanol–water partition coefficient (Wildman–Crippen LogP) is 2.25. The van der Waals surface area contributed by atoms with E-state index < -0.39 is 24.2 Å². The molecule has 3 N–H and O–H groups in total. The van der Waals surface area contributed by atoms with E-state index in [2.05, 4.69) is 20.4 Å². The second-order valence-electron chi connectivity index (χ2n) is 6.98. The molecule has 1 rings (SSSR count). The Morgan fingerprint density at radius 2 is 2.13 bits per heavy atom. The third-order valence-corrected chi connectivity index (χ3v) is 3.57. The summed E-state index contributed by atoms with van der Waals surface area (Å²) in [7, 11) is 0. The Kier molecular flexibility index (Phi) is 6.49. The van der Waals surface area contributed by atoms with Gasteiger partial charge in [-0.1, -0.05) is 27.7 Å². The first-order valence-electron chi connectivity index (χ1n) is 7.42. The molecule has 0 aromatic carbocycles. The Hall–Kier alpha value is -1.70. The Bertz CT molecular complexity index is 475. The van der Waals surface area contributed by atoms with Crippen LogP contribution in [0.15, 0.2) is 17.0 Å². The second kappa shape index (κ2) is 7.72. The average Bonchev–Trinajstić information content (AvgIpc) is 2.41. The molecule has 1 aliphatic rings. The minimum atomic E-state index is -2.93. The van der Waals surface area contributed by atoms with Crippen LogP contribution >= 0.6 is 0 Å². The zero-order chi connectivity index (χ0) is 17.7. The minimum absolute atomic E-state index is 0.128. The number of aliphatic imine (C=N–C) groups is 1. The van der Waals surface area contributed by atoms with Crippen molar-refractivity contribution in [1.82, 2.24) is 10.6 Å². The maximum atomic E-state index is 12.2. The molecular weight excluding hydrogens is 308 g/mol. The van der Waals surface area contributed by atoms with Gasteiger partial charge in [0.25, 0.3) is 0 Å². The van der Waals surface area contributed by atoms with Gasteiger partial charge < -0.3 is 20.5 Å². The number of hydrogen-bond donors (Lipinski definition) is 3. The number of aliphatic hydroxyl groups is 1. The Morgan fingerprint density at radius 1 is 1.48 bits per heavy atom. The first-order valence-corrected chi connectivity index (χ1v) is 7.42. The van der Waals surface area contributed by atoms with Crippen molar-refractivity contribution in [2.45, 2.75) is 46.8 Å². The molecule has 8 heteroatoms. The van der Waals surface area contributed by atoms with Gasteiger partial charge in [-0.3, -0.25) is 0 Å². The van der Waals surface area contributed by atoms with Gasteiger partial charge in [0.15, 0.2) is 0 Å². The number of amides is 2. The lowest BCUT2D eigenvalue weighted by Gasteiger charge is -2.28. The molecule has 0 aromatic heterocycles. The van der Waals surface area contributed by atoms with Crippen LogP contribution in [0, 0.1) is 10.8 Å². The summed E-state index contributed by atoms with van der Waals surface area (Å²) in [6.45, 7) is 4.84. The number of nitrogens with zero attached hydrogens (tertiary/aromatic N) is 1. The molecule has 2 amide bonds. The van der Waals surface area contributed by atoms with Crippen molar-refractivity contribution in [3.8, 4) is 0 Å². The van der Waals surface area contributed by atoms with Crippen molar-refractivity contribution in [3.63, 3.8) is 0 Å². The van der Waals surface area contributed by atoms with Crippen molar-refractivity contribution in [1.29, 1.82) is 0 Å². The van der Waals surface area contributed by atoms with Gasteiger partial charge in [-0.2, -0.15) is 8.78 Å². The fourth-order valence-electron chi connectivity index (χ4n) is 1.86. The summed E-state index contributed by atoms with van der Waals surface area (Å²) in [5.41, 5.74) is -0.894. The van der Waals surface area contributed by atoms with Gasteiger partial charge in [0, 0.05) is 24.7 Å². The standard InChI is InChI=1S/C15H25F2N3O3/c1-14(2,3)10(21)8-19-13(22)20-9-15(4)5-6-18-11(7-15)23-12(16)17/h6-7,10,12,21H,5,8-9H2,1-4H3,(H2,19,20,22). The van der Waals surface area contributed by atoms with E-state index in [1.54, 1.807) is 6.92 Å². The third kappa shape index (κ3) is 6.94. The molecule has 0 aromatic rings. The number of urea groups is 1. The van der Waals surface area contributed by atoms with Crippen LogP contribution in [0.4, 0.5) is 13.6 Å². The van der Waals surface area contributed by atoms with Crippen LogP contribution in [0.3, 0.4) is 0 Å². The number of carbonyl (C=O) groups is 1. The molecule has 0 saturated heterocycles. The normalized spacial score (nSPS) is 22.5. The van der Waals surface area contributed by atoms with Crippen LogP contribution in [-0.2, 0) is 4.74 Å². The van der Waals surface area contributed by atoms with Gasteiger partial charge >= 0.3 is 12.6 Å². The van der Waals surface area contributed by atoms with Crippen LogP contribution in [0.5, 0.6) is 0 Å². The molecule has 0 bridgehead atoms. The van der Waals surface area contributed by atoms with Gasteiger partial charge in [-0.05, 0) is 17.9 Å². The monoisotopic (exact) mass is 333 g/mol. The molecule has 6 nitrogen and oxygen atoms in total. The van der Waals surface area contributed by atoms with Gasteiger partial charge in [0.1, 0.15) is 0 Å². The van der Waals surface area contributed by atoms with Crippen molar-refractivity contribution >= 4 is 12.2 Å². The molecule has 0 saturated carbocycles. The van der Waals surface area contributed by atoms with E-state index in [9.17, 15) is 18.7 Å². The number of hydrogen-bond acceptors (Lipinski definition) is 4. The van der Waals surface area contributed by atoms with E-state index in [1.807, 2.05) is 20.8 Å². The molecule has 0 aliphatic carbocycles. The van der Waals surface area contributed by atoms with E-state index >= 15 is 0 Å². The van der Waals surface area contributed by atoms with Gasteiger partial charge in [0.05, 0.1) is 6.10 Å². The fraction of sp³-hybridized carbons (Fsp3) is 0.733. The lowest BCUT2D eigenvalue weighted by Crippen LogP contribution is -2.46. The van der Waals surface area contributed by atoms with Crippen LogP contribution in [-0.4, -0.2) is 43.2 Å². The van der Waals surface area contributed by atoms with Crippen LogP contribution in [0.25, 0.3) is 0 Å². The molecule has 0 radical (unpaired) electrons. The van der Waals surface area contributed by atoms with E-state index in [0.29, 0.717) is 6.42 Å². The SMILES string of the molecule is CC1(CNC(=O)NCC(O)C(C)(C)C)C=C(OC(F)F)N=CC1. The summed E-state index contributed by atoms with van der Waals surface area (Å²) in [5.74, 6) is -0.154.